The van der Waals surface area contributed by atoms with Gasteiger partial charge in [0.2, 0.25) is 0 Å². The predicted octanol–water partition coefficient (Wildman–Crippen LogP) is 6.33. The number of benzene rings is 3. The van der Waals surface area contributed by atoms with Crippen LogP contribution in [0, 0.1) is 10.1 Å². The van der Waals surface area contributed by atoms with Crippen LogP contribution in [0.3, 0.4) is 0 Å². The van der Waals surface area contributed by atoms with Crippen molar-refractivity contribution < 1.29 is 10.0 Å². The molecule has 0 fully saturated rings. The van der Waals surface area contributed by atoms with E-state index < -0.39 is 4.92 Å². The number of nitrogens with one attached hydrogen (secondary N) is 1. The zero-order chi connectivity index (χ0) is 20.5. The first kappa shape index (κ1) is 19.0. The Balaban J connectivity index is 1.97. The van der Waals surface area contributed by atoms with Crippen LogP contribution < -0.4 is 0 Å². The minimum atomic E-state index is -0.529. The van der Waals surface area contributed by atoms with Crippen molar-refractivity contribution in [2.45, 2.75) is 0 Å². The molecule has 4 aromatic rings. The molecule has 0 saturated carbocycles. The topological polar surface area (TPSA) is 92.1 Å². The summed E-state index contributed by atoms with van der Waals surface area (Å²) in [6, 6.07) is 18.4. The maximum atomic E-state index is 11.2. The third-order valence-electron chi connectivity index (χ3n) is 4.42. The number of aromatic amines is 1. The molecular weight excluding hydrogens is 413 g/mol. The van der Waals surface area contributed by atoms with Crippen molar-refractivity contribution >= 4 is 28.9 Å². The third kappa shape index (κ3) is 3.55. The van der Waals surface area contributed by atoms with Crippen LogP contribution in [0.5, 0.6) is 5.75 Å². The molecule has 1 aromatic heterocycles. The first-order valence-electron chi connectivity index (χ1n) is 8.53. The minimum Gasteiger partial charge on any atom is -0.507 e. The van der Waals surface area contributed by atoms with Crippen molar-refractivity contribution in [3.8, 4) is 39.7 Å². The number of H-pyrrole nitrogens is 1. The number of halogens is 2. The lowest BCUT2D eigenvalue weighted by atomic mass is 10.1. The summed E-state index contributed by atoms with van der Waals surface area (Å²) in [5.74, 6) is 0.142. The van der Waals surface area contributed by atoms with Crippen molar-refractivity contribution in [2.75, 3.05) is 0 Å². The molecule has 0 aliphatic rings. The van der Waals surface area contributed by atoms with Gasteiger partial charge in [0.1, 0.15) is 11.6 Å². The molecular formula is C21H13Cl2N3O3. The van der Waals surface area contributed by atoms with Crippen molar-refractivity contribution in [2.24, 2.45) is 0 Å². The van der Waals surface area contributed by atoms with Gasteiger partial charge >= 0.3 is 0 Å². The van der Waals surface area contributed by atoms with Gasteiger partial charge in [-0.3, -0.25) is 10.1 Å². The summed E-state index contributed by atoms with van der Waals surface area (Å²) in [6.07, 6.45) is 0. The molecule has 0 spiro atoms. The number of phenols is 1. The highest BCUT2D eigenvalue weighted by molar-refractivity contribution is 6.43. The molecule has 0 bridgehead atoms. The second kappa shape index (κ2) is 7.58. The number of aromatic nitrogens is 2. The fraction of sp³-hybridized carbons (Fsp3) is 0. The number of rotatable bonds is 4. The maximum Gasteiger partial charge on any atom is 0.270 e. The highest BCUT2D eigenvalue weighted by atomic mass is 35.5. The summed E-state index contributed by atoms with van der Waals surface area (Å²) in [6.45, 7) is 0. The van der Waals surface area contributed by atoms with E-state index in [2.05, 4.69) is 9.97 Å². The number of non-ortho nitro benzene ring substituents is 1. The Kier molecular flexibility index (Phi) is 4.96. The Morgan fingerprint density at radius 1 is 0.966 bits per heavy atom. The summed E-state index contributed by atoms with van der Waals surface area (Å²) in [5.41, 5.74) is 2.66. The SMILES string of the molecule is O=[N+]([O-])c1ccc(O)c(-c2nc(-c3ccccc3)c(-c3cccc(Cl)c3Cl)[nH]2)c1. The van der Waals surface area contributed by atoms with Gasteiger partial charge in [-0.2, -0.15) is 0 Å². The van der Waals surface area contributed by atoms with Crippen LogP contribution in [0.4, 0.5) is 5.69 Å². The molecule has 0 atom stereocenters. The van der Waals surface area contributed by atoms with E-state index in [1.54, 1.807) is 18.2 Å². The average molecular weight is 426 g/mol. The lowest BCUT2D eigenvalue weighted by Gasteiger charge is -2.06. The molecule has 144 valence electrons. The number of aromatic hydroxyl groups is 1. The first-order chi connectivity index (χ1) is 14.0. The number of hydrogen-bond acceptors (Lipinski definition) is 4. The molecule has 0 unspecified atom stereocenters. The van der Waals surface area contributed by atoms with E-state index in [1.807, 2.05) is 30.3 Å². The molecule has 6 nitrogen and oxygen atoms in total. The Bertz CT molecular complexity index is 1220. The molecule has 3 aromatic carbocycles. The quantitative estimate of drug-likeness (QED) is 0.295. The monoisotopic (exact) mass is 425 g/mol. The van der Waals surface area contributed by atoms with Gasteiger partial charge in [0, 0.05) is 23.3 Å². The Morgan fingerprint density at radius 3 is 2.45 bits per heavy atom. The van der Waals surface area contributed by atoms with Crippen molar-refractivity contribution in [1.82, 2.24) is 9.97 Å². The molecule has 2 N–H and O–H groups in total. The van der Waals surface area contributed by atoms with Crippen LogP contribution in [0.2, 0.25) is 10.0 Å². The van der Waals surface area contributed by atoms with E-state index in [0.29, 0.717) is 27.0 Å². The summed E-state index contributed by atoms with van der Waals surface area (Å²) in [7, 11) is 0. The molecule has 4 rings (SSSR count). The number of nitro benzene ring substituents is 1. The van der Waals surface area contributed by atoms with Crippen LogP contribution >= 0.6 is 23.2 Å². The highest BCUT2D eigenvalue weighted by Gasteiger charge is 2.21. The molecule has 8 heteroatoms. The Labute approximate surface area is 175 Å². The van der Waals surface area contributed by atoms with Crippen LogP contribution in [0.25, 0.3) is 33.9 Å². The van der Waals surface area contributed by atoms with Gasteiger partial charge in [0.25, 0.3) is 5.69 Å². The summed E-state index contributed by atoms with van der Waals surface area (Å²) in [4.78, 5) is 18.4. The number of nitro groups is 1. The van der Waals surface area contributed by atoms with Gasteiger partial charge < -0.3 is 10.1 Å². The van der Waals surface area contributed by atoms with Crippen molar-refractivity contribution in [3.63, 3.8) is 0 Å². The molecule has 0 radical (unpaired) electrons. The predicted molar refractivity (Wildman–Crippen MR) is 113 cm³/mol. The lowest BCUT2D eigenvalue weighted by molar-refractivity contribution is -0.384. The standard InChI is InChI=1S/C21H13Cl2N3O3/c22-16-8-4-7-14(18(16)23)20-19(12-5-2-1-3-6-12)24-21(25-20)15-11-13(26(28)29)9-10-17(15)27/h1-11,27H,(H,24,25). The fourth-order valence-corrected chi connectivity index (χ4v) is 3.42. The summed E-state index contributed by atoms with van der Waals surface area (Å²) < 4.78 is 0. The van der Waals surface area contributed by atoms with Crippen molar-refractivity contribution in [1.29, 1.82) is 0 Å². The zero-order valence-corrected chi connectivity index (χ0v) is 16.3. The molecule has 0 aliphatic heterocycles. The van der Waals surface area contributed by atoms with E-state index in [1.165, 1.54) is 18.2 Å². The molecule has 0 amide bonds. The lowest BCUT2D eigenvalue weighted by Crippen LogP contribution is -1.90. The number of nitrogens with zero attached hydrogens (tertiary/aromatic N) is 2. The molecule has 0 aliphatic carbocycles. The largest absolute Gasteiger partial charge is 0.507 e. The van der Waals surface area contributed by atoms with Gasteiger partial charge in [0.15, 0.2) is 0 Å². The molecule has 29 heavy (non-hydrogen) atoms. The maximum absolute atomic E-state index is 11.2. The van der Waals surface area contributed by atoms with Crippen molar-refractivity contribution in [3.05, 3.63) is 86.9 Å². The fourth-order valence-electron chi connectivity index (χ4n) is 3.02. The van der Waals surface area contributed by atoms with Gasteiger partial charge in [-0.1, -0.05) is 65.7 Å². The average Bonchev–Trinajstić information content (AvgIpc) is 3.16. The van der Waals surface area contributed by atoms with Gasteiger partial charge in [0.05, 0.1) is 31.9 Å². The van der Waals surface area contributed by atoms with E-state index in [0.717, 1.165) is 5.56 Å². The van der Waals surface area contributed by atoms with Gasteiger partial charge in [-0.15, -0.1) is 0 Å². The van der Waals surface area contributed by atoms with Crippen LogP contribution in [0.1, 0.15) is 0 Å². The number of imidazole rings is 1. The van der Waals surface area contributed by atoms with E-state index in [-0.39, 0.29) is 22.8 Å². The van der Waals surface area contributed by atoms with E-state index in [4.69, 9.17) is 23.2 Å². The second-order valence-corrected chi connectivity index (χ2v) is 7.02. The number of hydrogen-bond donors (Lipinski definition) is 2. The van der Waals surface area contributed by atoms with E-state index in [9.17, 15) is 15.2 Å². The molecule has 0 saturated heterocycles. The van der Waals surface area contributed by atoms with Crippen LogP contribution in [-0.2, 0) is 0 Å². The Morgan fingerprint density at radius 2 is 1.72 bits per heavy atom. The second-order valence-electron chi connectivity index (χ2n) is 6.23. The summed E-state index contributed by atoms with van der Waals surface area (Å²) >= 11 is 12.6. The third-order valence-corrected chi connectivity index (χ3v) is 5.24. The smallest absolute Gasteiger partial charge is 0.270 e. The normalized spacial score (nSPS) is 10.8. The van der Waals surface area contributed by atoms with Gasteiger partial charge in [-0.05, 0) is 12.1 Å². The minimum absolute atomic E-state index is 0.132. The Hall–Kier alpha value is -3.35. The summed E-state index contributed by atoms with van der Waals surface area (Å²) in [5, 5.41) is 22.2. The zero-order valence-electron chi connectivity index (χ0n) is 14.8. The number of phenolic OH excluding ortho intramolecular Hbond substituents is 1. The first-order valence-corrected chi connectivity index (χ1v) is 9.29. The molecule has 1 heterocycles. The van der Waals surface area contributed by atoms with Crippen LogP contribution in [0.15, 0.2) is 66.7 Å². The van der Waals surface area contributed by atoms with E-state index >= 15 is 0 Å². The van der Waals surface area contributed by atoms with Crippen LogP contribution in [-0.4, -0.2) is 20.0 Å². The van der Waals surface area contributed by atoms with Gasteiger partial charge in [-0.25, -0.2) is 4.98 Å². The highest BCUT2D eigenvalue weighted by Crippen LogP contribution is 2.40.